The molecule has 0 saturated heterocycles. The number of hydrogen-bond acceptors (Lipinski definition) is 0. The summed E-state index contributed by atoms with van der Waals surface area (Å²) in [6, 6.07) is 0. The second kappa shape index (κ2) is 8.91. The monoisotopic (exact) mass is 158 g/mol. The molecule has 0 atom stereocenters. The van der Waals surface area contributed by atoms with E-state index >= 15 is 0 Å². The van der Waals surface area contributed by atoms with Gasteiger partial charge in [0.2, 0.25) is 0 Å². The molecule has 0 bridgehead atoms. The van der Waals surface area contributed by atoms with Gasteiger partial charge in [-0.1, -0.05) is 0 Å². The van der Waals surface area contributed by atoms with E-state index in [0.29, 0.717) is 0 Å². The van der Waals surface area contributed by atoms with Crippen molar-refractivity contribution >= 4 is 0 Å². The predicted molar refractivity (Wildman–Crippen MR) is 17.7 cm³/mol. The molecule has 0 aromatic heterocycles. The quantitative estimate of drug-likeness (QED) is 0.303. The largest absolute Gasteiger partial charge is 2.00 e. The van der Waals surface area contributed by atoms with Gasteiger partial charge in [-0.25, -0.2) is 0 Å². The van der Waals surface area contributed by atoms with Crippen LogP contribution in [0, 0.1) is 13.2 Å². The van der Waals surface area contributed by atoms with Crippen LogP contribution in [-0.4, -0.2) is 0 Å². The number of allylic oxidation sites excluding steroid dienone is 2. The first kappa shape index (κ1) is 8.94. The van der Waals surface area contributed by atoms with Crippen LogP contribution in [0.15, 0.2) is 12.2 Å². The number of rotatable bonds is 1. The molecule has 0 aromatic rings. The van der Waals surface area contributed by atoms with Gasteiger partial charge in [0, 0.05) is 0 Å². The molecule has 0 saturated carbocycles. The normalized spacial score (nSPS) is 4.00. The average Bonchev–Trinajstić information content (AvgIpc) is 1.37. The van der Waals surface area contributed by atoms with Gasteiger partial charge in [-0.05, 0) is 0 Å². The van der Waals surface area contributed by atoms with Gasteiger partial charge < -0.3 is 25.3 Å². The van der Waals surface area contributed by atoms with Crippen LogP contribution in [0.2, 0.25) is 0 Å². The third kappa shape index (κ3) is 14.6. The Kier molecular flexibility index (Phi) is 15.9. The molecule has 0 amide bonds. The van der Waals surface area contributed by atoms with Gasteiger partial charge >= 0.3 is 20.4 Å². The summed E-state index contributed by atoms with van der Waals surface area (Å²) in [5, 5.41) is 0. The fourth-order valence-corrected chi connectivity index (χ4v) is 0. The zero-order valence-corrected chi connectivity index (χ0v) is 4.18. The summed E-state index contributed by atoms with van der Waals surface area (Å²) in [6.45, 7) is 9.44. The Morgan fingerprint density at radius 3 is 1.20 bits per heavy atom. The van der Waals surface area contributed by atoms with Crippen LogP contribution in [0.5, 0.6) is 0 Å². The van der Waals surface area contributed by atoms with Crippen molar-refractivity contribution in [1.82, 2.24) is 0 Å². The molecule has 0 fully saturated rings. The average molecular weight is 158 g/mol. The molecule has 0 aromatic carbocycles. The summed E-state index contributed by atoms with van der Waals surface area (Å²) in [7, 11) is 0. The van der Waals surface area contributed by atoms with Crippen molar-refractivity contribution in [3.05, 3.63) is 25.3 Å². The van der Waals surface area contributed by atoms with Crippen molar-refractivity contribution in [2.75, 3.05) is 0 Å². The molecule has 1 heteroatoms. The Balaban J connectivity index is 0. The Morgan fingerprint density at radius 2 is 1.20 bits per heavy atom. The second-order valence-corrected chi connectivity index (χ2v) is 0.385. The maximum absolute atomic E-state index is 4.72. The van der Waals surface area contributed by atoms with Crippen LogP contribution in [0.4, 0.5) is 0 Å². The summed E-state index contributed by atoms with van der Waals surface area (Å²) < 4.78 is 0. The molecule has 5 heavy (non-hydrogen) atoms. The Hall–Kier alpha value is 0.142. The molecule has 0 rings (SSSR count). The molecule has 0 aliphatic heterocycles. The minimum absolute atomic E-state index is 0. The maximum atomic E-state index is 4.72. The smallest absolute Gasteiger partial charge is 0.394 e. The molecule has 0 aliphatic rings. The molecular formula is C4H4Pd. The van der Waals surface area contributed by atoms with Gasteiger partial charge in [0.25, 0.3) is 0 Å². The molecular weight excluding hydrogens is 154 g/mol. The molecule has 0 aliphatic carbocycles. The van der Waals surface area contributed by atoms with E-state index in [9.17, 15) is 0 Å². The molecule has 0 heterocycles. The minimum atomic E-state index is 0. The van der Waals surface area contributed by atoms with Crippen LogP contribution < -0.4 is 0 Å². The van der Waals surface area contributed by atoms with Gasteiger partial charge in [-0.2, -0.15) is 0 Å². The van der Waals surface area contributed by atoms with Crippen LogP contribution in [-0.2, 0) is 20.4 Å². The summed E-state index contributed by atoms with van der Waals surface area (Å²) in [5.41, 5.74) is 0. The first-order valence-electron chi connectivity index (χ1n) is 1.00. The van der Waals surface area contributed by atoms with E-state index in [1.54, 1.807) is 0 Å². The zero-order valence-electron chi connectivity index (χ0n) is 2.63. The fourth-order valence-electron chi connectivity index (χ4n) is 0. The van der Waals surface area contributed by atoms with E-state index in [1.807, 2.05) is 0 Å². The fraction of sp³-hybridized carbons (Fsp3) is 0. The van der Waals surface area contributed by atoms with E-state index in [-0.39, 0.29) is 20.4 Å². The molecule has 0 unspecified atom stereocenters. The molecule has 0 spiro atoms. The van der Waals surface area contributed by atoms with Gasteiger partial charge in [0.05, 0.1) is 0 Å². The van der Waals surface area contributed by atoms with Crippen molar-refractivity contribution in [3.8, 4) is 0 Å². The summed E-state index contributed by atoms with van der Waals surface area (Å²) in [4.78, 5) is 0. The van der Waals surface area contributed by atoms with Crippen molar-refractivity contribution < 1.29 is 20.4 Å². The Morgan fingerprint density at radius 1 is 1.00 bits per heavy atom. The Bertz CT molecular complexity index is 24.6. The van der Waals surface area contributed by atoms with Crippen LogP contribution >= 0.6 is 0 Å². The van der Waals surface area contributed by atoms with Crippen molar-refractivity contribution in [3.63, 3.8) is 0 Å². The van der Waals surface area contributed by atoms with Crippen molar-refractivity contribution in [1.29, 1.82) is 0 Å². The van der Waals surface area contributed by atoms with E-state index in [1.165, 1.54) is 12.2 Å². The van der Waals surface area contributed by atoms with Gasteiger partial charge in [-0.3, -0.25) is 0 Å². The van der Waals surface area contributed by atoms with Crippen LogP contribution in [0.3, 0.4) is 0 Å². The zero-order chi connectivity index (χ0) is 3.41. The van der Waals surface area contributed by atoms with Crippen LogP contribution in [0.25, 0.3) is 0 Å². The topological polar surface area (TPSA) is 0 Å². The predicted octanol–water partition coefficient (Wildman–Crippen LogP) is 0.962. The van der Waals surface area contributed by atoms with Gasteiger partial charge in [0.1, 0.15) is 0 Å². The summed E-state index contributed by atoms with van der Waals surface area (Å²) >= 11 is 0. The van der Waals surface area contributed by atoms with E-state index in [2.05, 4.69) is 0 Å². The number of hydrogen-bond donors (Lipinski definition) is 0. The minimum Gasteiger partial charge on any atom is -0.394 e. The van der Waals surface area contributed by atoms with E-state index in [4.69, 9.17) is 13.2 Å². The van der Waals surface area contributed by atoms with Crippen molar-refractivity contribution in [2.24, 2.45) is 0 Å². The van der Waals surface area contributed by atoms with Gasteiger partial charge in [0.15, 0.2) is 0 Å². The van der Waals surface area contributed by atoms with Crippen molar-refractivity contribution in [2.45, 2.75) is 0 Å². The molecule has 0 N–H and O–H groups in total. The molecule has 0 nitrogen and oxygen atoms in total. The molecule has 30 valence electrons. The van der Waals surface area contributed by atoms with E-state index in [0.717, 1.165) is 0 Å². The standard InChI is InChI=1S/C4H4.Pd/c1-3-4-2;/h1-4H;/q-2;+2. The second-order valence-electron chi connectivity index (χ2n) is 0.385. The SMILES string of the molecule is [CH-]=CC=[CH-].[Pd+2]. The summed E-state index contributed by atoms with van der Waals surface area (Å²) in [6.07, 6.45) is 2.56. The third-order valence-electron chi connectivity index (χ3n) is 0.111. The van der Waals surface area contributed by atoms with Gasteiger partial charge in [-0.15, -0.1) is 0 Å². The summed E-state index contributed by atoms with van der Waals surface area (Å²) in [5.74, 6) is 0. The third-order valence-corrected chi connectivity index (χ3v) is 0.111. The Labute approximate surface area is 46.2 Å². The van der Waals surface area contributed by atoms with Crippen LogP contribution in [0.1, 0.15) is 0 Å². The first-order chi connectivity index (χ1) is 1.91. The van der Waals surface area contributed by atoms with E-state index < -0.39 is 0 Å². The maximum Gasteiger partial charge on any atom is 2.00 e. The molecule has 0 radical (unpaired) electrons. The first-order valence-corrected chi connectivity index (χ1v) is 1.00.